The molecule has 3 nitrogen and oxygen atoms in total. The van der Waals surface area contributed by atoms with Crippen molar-refractivity contribution in [2.45, 2.75) is 43.2 Å². The van der Waals surface area contributed by atoms with Crippen LogP contribution in [0.3, 0.4) is 0 Å². The lowest BCUT2D eigenvalue weighted by atomic mass is 9.97. The Balaban J connectivity index is 1.83. The van der Waals surface area contributed by atoms with Crippen molar-refractivity contribution in [2.75, 3.05) is 14.2 Å². The molecule has 3 heteroatoms. The van der Waals surface area contributed by atoms with Gasteiger partial charge in [-0.3, -0.25) is 0 Å². The van der Waals surface area contributed by atoms with Gasteiger partial charge in [0, 0.05) is 14.2 Å². The van der Waals surface area contributed by atoms with Crippen LogP contribution in [0.25, 0.3) is 0 Å². The van der Waals surface area contributed by atoms with E-state index >= 15 is 0 Å². The number of rotatable bonds is 4. The van der Waals surface area contributed by atoms with E-state index in [2.05, 4.69) is 0 Å². The summed E-state index contributed by atoms with van der Waals surface area (Å²) in [6.07, 6.45) is 4.82. The first-order valence-corrected chi connectivity index (χ1v) is 5.05. The maximum absolute atomic E-state index is 5.92. The zero-order chi connectivity index (χ0) is 9.10. The minimum Gasteiger partial charge on any atom is -0.357 e. The lowest BCUT2D eigenvalue weighted by Gasteiger charge is -2.21. The molecule has 0 bridgehead atoms. The molecule has 2 saturated carbocycles. The Morgan fingerprint density at radius 3 is 2.15 bits per heavy atom. The molecule has 1 spiro atoms. The lowest BCUT2D eigenvalue weighted by Crippen LogP contribution is -2.38. The van der Waals surface area contributed by atoms with Crippen LogP contribution in [0.4, 0.5) is 0 Å². The number of ether oxygens (including phenoxy) is 3. The van der Waals surface area contributed by atoms with Crippen LogP contribution in [0.15, 0.2) is 0 Å². The molecule has 0 aromatic carbocycles. The highest BCUT2D eigenvalue weighted by Gasteiger charge is 2.84. The second-order valence-corrected chi connectivity index (χ2v) is 4.47. The van der Waals surface area contributed by atoms with E-state index in [1.165, 1.54) is 25.7 Å². The van der Waals surface area contributed by atoms with Crippen molar-refractivity contribution in [3.8, 4) is 0 Å². The molecular formula is C10H16O3. The largest absolute Gasteiger partial charge is 0.357 e. The molecule has 0 N–H and O–H groups in total. The highest BCUT2D eigenvalue weighted by Crippen LogP contribution is 2.73. The molecular weight excluding hydrogens is 168 g/mol. The molecule has 0 aromatic heterocycles. The monoisotopic (exact) mass is 184 g/mol. The van der Waals surface area contributed by atoms with E-state index in [0.29, 0.717) is 5.92 Å². The van der Waals surface area contributed by atoms with E-state index in [-0.39, 0.29) is 17.5 Å². The van der Waals surface area contributed by atoms with Gasteiger partial charge in [0.25, 0.3) is 0 Å². The molecule has 1 saturated heterocycles. The summed E-state index contributed by atoms with van der Waals surface area (Å²) in [6, 6.07) is 0. The van der Waals surface area contributed by atoms with Crippen molar-refractivity contribution in [1.82, 2.24) is 0 Å². The maximum Gasteiger partial charge on any atom is 0.189 e. The third-order valence-corrected chi connectivity index (χ3v) is 3.70. The van der Waals surface area contributed by atoms with E-state index in [1.54, 1.807) is 14.2 Å². The Kier molecular flexibility index (Phi) is 1.43. The zero-order valence-electron chi connectivity index (χ0n) is 8.21. The van der Waals surface area contributed by atoms with Crippen LogP contribution < -0.4 is 0 Å². The second-order valence-electron chi connectivity index (χ2n) is 4.47. The summed E-state index contributed by atoms with van der Waals surface area (Å²) in [5, 5.41) is 0. The quantitative estimate of drug-likeness (QED) is 0.487. The molecule has 2 aliphatic carbocycles. The number of hydrogen-bond acceptors (Lipinski definition) is 3. The van der Waals surface area contributed by atoms with Crippen LogP contribution >= 0.6 is 0 Å². The Morgan fingerprint density at radius 2 is 1.85 bits per heavy atom. The first-order chi connectivity index (χ1) is 6.29. The van der Waals surface area contributed by atoms with Crippen LogP contribution in [0.2, 0.25) is 0 Å². The predicted octanol–water partition coefficient (Wildman–Crippen LogP) is 1.32. The van der Waals surface area contributed by atoms with Gasteiger partial charge in [0.1, 0.15) is 5.60 Å². The molecule has 0 aromatic rings. The molecule has 74 valence electrons. The van der Waals surface area contributed by atoms with Gasteiger partial charge in [0.05, 0.1) is 0 Å². The summed E-state index contributed by atoms with van der Waals surface area (Å²) < 4.78 is 16.6. The van der Waals surface area contributed by atoms with Crippen LogP contribution in [0.5, 0.6) is 0 Å². The maximum atomic E-state index is 5.92. The number of epoxide rings is 1. The van der Waals surface area contributed by atoms with Gasteiger partial charge >= 0.3 is 0 Å². The number of methoxy groups -OCH3 is 2. The summed E-state index contributed by atoms with van der Waals surface area (Å²) >= 11 is 0. The van der Waals surface area contributed by atoms with Crippen molar-refractivity contribution < 1.29 is 14.2 Å². The average Bonchev–Trinajstić information content (AvgIpc) is 2.98. The molecule has 3 aliphatic rings. The van der Waals surface area contributed by atoms with Crippen molar-refractivity contribution in [1.29, 1.82) is 0 Å². The van der Waals surface area contributed by atoms with Gasteiger partial charge in [0.2, 0.25) is 0 Å². The third kappa shape index (κ3) is 0.853. The van der Waals surface area contributed by atoms with Crippen molar-refractivity contribution in [3.63, 3.8) is 0 Å². The smallest absolute Gasteiger partial charge is 0.189 e. The van der Waals surface area contributed by atoms with Gasteiger partial charge in [-0.1, -0.05) is 0 Å². The van der Waals surface area contributed by atoms with Crippen LogP contribution in [0, 0.1) is 5.92 Å². The Morgan fingerprint density at radius 1 is 1.23 bits per heavy atom. The van der Waals surface area contributed by atoms with Crippen LogP contribution in [-0.2, 0) is 14.2 Å². The van der Waals surface area contributed by atoms with E-state index in [0.717, 1.165) is 0 Å². The molecule has 1 unspecified atom stereocenters. The summed E-state index contributed by atoms with van der Waals surface area (Å²) in [4.78, 5) is 0. The van der Waals surface area contributed by atoms with Gasteiger partial charge in [-0.15, -0.1) is 0 Å². The first-order valence-electron chi connectivity index (χ1n) is 5.05. The average molecular weight is 184 g/mol. The lowest BCUT2D eigenvalue weighted by molar-refractivity contribution is -0.151. The molecule has 0 amide bonds. The number of hydrogen-bond donors (Lipinski definition) is 0. The Bertz CT molecular complexity index is 228. The standard InChI is InChI=1S/C10H16O3/c1-11-8(12-2)10(7-3-4-7)9(13-10)5-6-9/h7-8H,3-6H2,1-2H3. The fourth-order valence-electron chi connectivity index (χ4n) is 2.77. The van der Waals surface area contributed by atoms with Crippen molar-refractivity contribution >= 4 is 0 Å². The second kappa shape index (κ2) is 2.27. The van der Waals surface area contributed by atoms with E-state index in [9.17, 15) is 0 Å². The van der Waals surface area contributed by atoms with Crippen LogP contribution in [-0.4, -0.2) is 31.7 Å². The highest BCUT2D eigenvalue weighted by atomic mass is 16.7. The fourth-order valence-corrected chi connectivity index (χ4v) is 2.77. The van der Waals surface area contributed by atoms with Gasteiger partial charge < -0.3 is 14.2 Å². The first kappa shape index (κ1) is 8.21. The fraction of sp³-hybridized carbons (Fsp3) is 1.00. The van der Waals surface area contributed by atoms with E-state index in [4.69, 9.17) is 14.2 Å². The molecule has 1 atom stereocenters. The molecule has 13 heavy (non-hydrogen) atoms. The summed E-state index contributed by atoms with van der Waals surface area (Å²) in [5.74, 6) is 0.694. The van der Waals surface area contributed by atoms with E-state index < -0.39 is 0 Å². The summed E-state index contributed by atoms with van der Waals surface area (Å²) in [7, 11) is 3.41. The molecule has 3 rings (SSSR count). The Hall–Kier alpha value is -0.120. The van der Waals surface area contributed by atoms with E-state index in [1.807, 2.05) is 0 Å². The van der Waals surface area contributed by atoms with Gasteiger partial charge in [-0.25, -0.2) is 0 Å². The van der Waals surface area contributed by atoms with Gasteiger partial charge in [0.15, 0.2) is 11.9 Å². The van der Waals surface area contributed by atoms with Crippen molar-refractivity contribution in [2.24, 2.45) is 5.92 Å². The highest BCUT2D eigenvalue weighted by molar-refractivity contribution is 5.30. The summed E-state index contributed by atoms with van der Waals surface area (Å²) in [5.41, 5.74) is 0.112. The molecule has 1 heterocycles. The summed E-state index contributed by atoms with van der Waals surface area (Å²) in [6.45, 7) is 0. The van der Waals surface area contributed by atoms with Crippen LogP contribution in [0.1, 0.15) is 25.7 Å². The normalized spacial score (nSPS) is 39.9. The predicted molar refractivity (Wildman–Crippen MR) is 46.3 cm³/mol. The Labute approximate surface area is 78.3 Å². The SMILES string of the molecule is COC(OC)C1(C2CC2)OC12CC2. The minimum atomic E-state index is -0.150. The third-order valence-electron chi connectivity index (χ3n) is 3.70. The molecule has 3 fully saturated rings. The topological polar surface area (TPSA) is 31.0 Å². The van der Waals surface area contributed by atoms with Gasteiger partial charge in [-0.05, 0) is 31.6 Å². The molecule has 0 radical (unpaired) electrons. The van der Waals surface area contributed by atoms with Gasteiger partial charge in [-0.2, -0.15) is 0 Å². The molecule has 1 aliphatic heterocycles. The van der Waals surface area contributed by atoms with Crippen molar-refractivity contribution in [3.05, 3.63) is 0 Å². The minimum absolute atomic E-state index is 0.0590. The zero-order valence-corrected chi connectivity index (χ0v) is 8.21.